The van der Waals surface area contributed by atoms with Crippen LogP contribution in [0.1, 0.15) is 31.5 Å². The number of nitrogens with zero attached hydrogens (tertiary/aromatic N) is 1. The lowest BCUT2D eigenvalue weighted by molar-refractivity contribution is 0.459. The highest BCUT2D eigenvalue weighted by molar-refractivity contribution is 5.92. The van der Waals surface area contributed by atoms with Crippen molar-refractivity contribution >= 4 is 33.5 Å². The number of para-hydroxylation sites is 1. The Hall–Kier alpha value is -3.74. The van der Waals surface area contributed by atoms with Crippen LogP contribution in [0.5, 0.6) is 0 Å². The Kier molecular flexibility index (Phi) is 5.77. The van der Waals surface area contributed by atoms with Gasteiger partial charge in [0.15, 0.2) is 23.3 Å². The second kappa shape index (κ2) is 8.89. The Labute approximate surface area is 195 Å². The van der Waals surface area contributed by atoms with Gasteiger partial charge in [0.25, 0.3) is 0 Å². The molecule has 0 saturated carbocycles. The van der Waals surface area contributed by atoms with E-state index in [1.807, 2.05) is 36.4 Å². The Bertz CT molecular complexity index is 1340. The molecular weight excluding hydrogens is 442 g/mol. The van der Waals surface area contributed by atoms with Crippen LogP contribution in [0.25, 0.3) is 10.8 Å². The minimum atomic E-state index is -1.47. The standard InChI is InChI=1S/C27H23F4N3/c1-2-3-14-34-22-13-7-12-21(32-26-23(30)19(28)15-20(29)24(26)31)25(22)33-27(34)18-11-6-9-16-8-4-5-10-17(16)18/h4-13,15,27,32-33H,2-3,14H2,1H3. The third-order valence-electron chi connectivity index (χ3n) is 6.19. The quantitative estimate of drug-likeness (QED) is 0.224. The SMILES string of the molecule is CCCCN1c2cccc(Nc3c(F)c(F)cc(F)c3F)c2NC1c1cccc2ccccc12. The maximum Gasteiger partial charge on any atom is 0.185 e. The van der Waals surface area contributed by atoms with Crippen molar-refractivity contribution < 1.29 is 17.6 Å². The van der Waals surface area contributed by atoms with Gasteiger partial charge in [-0.15, -0.1) is 0 Å². The van der Waals surface area contributed by atoms with Crippen LogP contribution in [0.15, 0.2) is 66.7 Å². The first-order valence-corrected chi connectivity index (χ1v) is 11.2. The number of halogens is 4. The van der Waals surface area contributed by atoms with E-state index >= 15 is 0 Å². The first-order chi connectivity index (χ1) is 16.5. The van der Waals surface area contributed by atoms with Crippen molar-refractivity contribution in [1.29, 1.82) is 0 Å². The third-order valence-corrected chi connectivity index (χ3v) is 6.19. The molecule has 0 aromatic heterocycles. The average molecular weight is 465 g/mol. The molecule has 3 nitrogen and oxygen atoms in total. The van der Waals surface area contributed by atoms with Gasteiger partial charge in [-0.1, -0.05) is 61.9 Å². The number of fused-ring (bicyclic) bond motifs is 2. The second-order valence-corrected chi connectivity index (χ2v) is 8.33. The fraction of sp³-hybridized carbons (Fsp3) is 0.185. The van der Waals surface area contributed by atoms with Crippen LogP contribution < -0.4 is 15.5 Å². The van der Waals surface area contributed by atoms with Crippen molar-refractivity contribution in [2.75, 3.05) is 22.1 Å². The monoisotopic (exact) mass is 465 g/mol. The molecule has 4 aromatic rings. The van der Waals surface area contributed by atoms with Gasteiger partial charge < -0.3 is 15.5 Å². The Balaban J connectivity index is 1.60. The summed E-state index contributed by atoms with van der Waals surface area (Å²) in [7, 11) is 0. The van der Waals surface area contributed by atoms with Gasteiger partial charge in [-0.05, 0) is 29.3 Å². The van der Waals surface area contributed by atoms with E-state index in [4.69, 9.17) is 0 Å². The van der Waals surface area contributed by atoms with Crippen LogP contribution in [0.4, 0.5) is 40.3 Å². The molecule has 174 valence electrons. The zero-order valence-corrected chi connectivity index (χ0v) is 18.5. The van der Waals surface area contributed by atoms with Crippen LogP contribution in [0.3, 0.4) is 0 Å². The summed E-state index contributed by atoms with van der Waals surface area (Å²) in [5.41, 5.74) is 1.98. The summed E-state index contributed by atoms with van der Waals surface area (Å²) >= 11 is 0. The minimum absolute atomic E-state index is 0.201. The van der Waals surface area contributed by atoms with Gasteiger partial charge in [-0.25, -0.2) is 17.6 Å². The Morgan fingerprint density at radius 3 is 2.35 bits per heavy atom. The molecule has 5 rings (SSSR count). The number of nitrogens with one attached hydrogen (secondary N) is 2. The zero-order valence-electron chi connectivity index (χ0n) is 18.5. The normalized spacial score (nSPS) is 14.9. The lowest BCUT2D eigenvalue weighted by Crippen LogP contribution is -2.29. The van der Waals surface area contributed by atoms with Crippen molar-refractivity contribution in [3.8, 4) is 0 Å². The summed E-state index contributed by atoms with van der Waals surface area (Å²) in [6.07, 6.45) is 1.71. The van der Waals surface area contributed by atoms with Crippen molar-refractivity contribution in [2.45, 2.75) is 25.9 Å². The summed E-state index contributed by atoms with van der Waals surface area (Å²) < 4.78 is 56.3. The van der Waals surface area contributed by atoms with Crippen LogP contribution >= 0.6 is 0 Å². The fourth-order valence-corrected chi connectivity index (χ4v) is 4.52. The molecule has 0 amide bonds. The number of benzene rings is 4. The Morgan fingerprint density at radius 1 is 0.882 bits per heavy atom. The molecule has 1 atom stereocenters. The van der Waals surface area contributed by atoms with E-state index in [9.17, 15) is 17.6 Å². The van der Waals surface area contributed by atoms with Crippen LogP contribution in [0, 0.1) is 23.3 Å². The lowest BCUT2D eigenvalue weighted by atomic mass is 10.0. The van der Waals surface area contributed by atoms with E-state index in [-0.39, 0.29) is 12.2 Å². The molecule has 0 fully saturated rings. The van der Waals surface area contributed by atoms with Gasteiger partial charge in [-0.2, -0.15) is 0 Å². The van der Waals surface area contributed by atoms with Crippen LogP contribution in [-0.2, 0) is 0 Å². The van der Waals surface area contributed by atoms with Crippen LogP contribution in [0.2, 0.25) is 0 Å². The molecular formula is C27H23F4N3. The molecule has 7 heteroatoms. The number of hydrogen-bond acceptors (Lipinski definition) is 3. The minimum Gasteiger partial charge on any atom is -0.358 e. The number of rotatable bonds is 6. The molecule has 0 bridgehead atoms. The highest BCUT2D eigenvalue weighted by atomic mass is 19.2. The van der Waals surface area contributed by atoms with E-state index in [0.717, 1.165) is 41.4 Å². The molecule has 34 heavy (non-hydrogen) atoms. The van der Waals surface area contributed by atoms with E-state index in [2.05, 4.69) is 34.6 Å². The van der Waals surface area contributed by atoms with Gasteiger partial charge in [-0.3, -0.25) is 0 Å². The third kappa shape index (κ3) is 3.71. The molecule has 0 spiro atoms. The summed E-state index contributed by atoms with van der Waals surface area (Å²) in [5.74, 6) is -5.86. The largest absolute Gasteiger partial charge is 0.358 e. The highest BCUT2D eigenvalue weighted by Gasteiger charge is 2.32. The summed E-state index contributed by atoms with van der Waals surface area (Å²) in [6, 6.07) is 19.7. The molecule has 2 N–H and O–H groups in total. The van der Waals surface area contributed by atoms with Crippen molar-refractivity contribution in [3.05, 3.63) is 95.6 Å². The van der Waals surface area contributed by atoms with Crippen molar-refractivity contribution in [2.24, 2.45) is 0 Å². The van der Waals surface area contributed by atoms with Gasteiger partial charge in [0.2, 0.25) is 0 Å². The molecule has 1 aliphatic heterocycles. The molecule has 1 heterocycles. The van der Waals surface area contributed by atoms with Gasteiger partial charge >= 0.3 is 0 Å². The van der Waals surface area contributed by atoms with Gasteiger partial charge in [0.05, 0.1) is 17.1 Å². The second-order valence-electron chi connectivity index (χ2n) is 8.33. The summed E-state index contributed by atoms with van der Waals surface area (Å²) in [6.45, 7) is 2.87. The number of unbranched alkanes of at least 4 members (excludes halogenated alkanes) is 1. The van der Waals surface area contributed by atoms with Crippen molar-refractivity contribution in [1.82, 2.24) is 0 Å². The average Bonchev–Trinajstić information content (AvgIpc) is 3.22. The molecule has 1 unspecified atom stereocenters. The topological polar surface area (TPSA) is 27.3 Å². The van der Waals surface area contributed by atoms with E-state index in [0.29, 0.717) is 11.4 Å². The Morgan fingerprint density at radius 2 is 1.59 bits per heavy atom. The molecule has 4 aromatic carbocycles. The lowest BCUT2D eigenvalue weighted by Gasteiger charge is -2.28. The van der Waals surface area contributed by atoms with Crippen molar-refractivity contribution in [3.63, 3.8) is 0 Å². The van der Waals surface area contributed by atoms with E-state index in [1.54, 1.807) is 12.1 Å². The van der Waals surface area contributed by atoms with Gasteiger partial charge in [0, 0.05) is 18.2 Å². The smallest absolute Gasteiger partial charge is 0.185 e. The van der Waals surface area contributed by atoms with Crippen LogP contribution in [-0.4, -0.2) is 6.54 Å². The van der Waals surface area contributed by atoms with Gasteiger partial charge in [0.1, 0.15) is 11.9 Å². The maximum atomic E-state index is 14.4. The molecule has 0 aliphatic carbocycles. The fourth-order valence-electron chi connectivity index (χ4n) is 4.52. The first-order valence-electron chi connectivity index (χ1n) is 11.2. The molecule has 0 radical (unpaired) electrons. The zero-order chi connectivity index (χ0) is 23.8. The predicted octanol–water partition coefficient (Wildman–Crippen LogP) is 7.87. The van der Waals surface area contributed by atoms with E-state index < -0.39 is 29.0 Å². The molecule has 0 saturated heterocycles. The highest BCUT2D eigenvalue weighted by Crippen LogP contribution is 2.47. The molecule has 1 aliphatic rings. The first kappa shape index (κ1) is 22.1. The predicted molar refractivity (Wildman–Crippen MR) is 129 cm³/mol. The maximum absolute atomic E-state index is 14.4. The van der Waals surface area contributed by atoms with E-state index in [1.165, 1.54) is 0 Å². The number of anilines is 4. The summed E-state index contributed by atoms with van der Waals surface area (Å²) in [4.78, 5) is 2.21. The number of hydrogen-bond donors (Lipinski definition) is 2. The summed E-state index contributed by atoms with van der Waals surface area (Å²) in [5, 5.41) is 8.27.